The van der Waals surface area contributed by atoms with Crippen LogP contribution in [0, 0.1) is 6.92 Å². The molecule has 0 saturated carbocycles. The molecule has 1 rings (SSSR count). The summed E-state index contributed by atoms with van der Waals surface area (Å²) in [6, 6.07) is 0. The molecule has 2 amide bonds. The maximum Gasteiger partial charge on any atom is 0.263 e. The van der Waals surface area contributed by atoms with Crippen molar-refractivity contribution in [3.63, 3.8) is 0 Å². The van der Waals surface area contributed by atoms with Gasteiger partial charge in [-0.05, 0) is 6.92 Å². The van der Waals surface area contributed by atoms with Crippen molar-refractivity contribution in [3.8, 4) is 0 Å². The van der Waals surface area contributed by atoms with E-state index in [-0.39, 0.29) is 18.9 Å². The predicted octanol–water partition coefficient (Wildman–Crippen LogP) is 0.0567. The Balaban J connectivity index is 2.39. The van der Waals surface area contributed by atoms with Gasteiger partial charge in [-0.2, -0.15) is 0 Å². The lowest BCUT2D eigenvalue weighted by atomic mass is 10.4. The molecule has 0 saturated heterocycles. The molecule has 1 aromatic heterocycles. The molecule has 0 unspecified atom stereocenters. The molecule has 0 radical (unpaired) electrons. The Hall–Kier alpha value is -1.43. The number of hydrogen-bond donors (Lipinski definition) is 2. The number of aromatic nitrogens is 1. The molecular weight excluding hydrogens is 202 g/mol. The number of nitrogens with one attached hydrogen (secondary N) is 1. The minimum atomic E-state index is -0.425. The first-order chi connectivity index (χ1) is 6.59. The van der Waals surface area contributed by atoms with E-state index in [4.69, 9.17) is 5.73 Å². The summed E-state index contributed by atoms with van der Waals surface area (Å²) < 4.78 is 0. The van der Waals surface area contributed by atoms with Crippen LogP contribution in [-0.2, 0) is 4.79 Å². The van der Waals surface area contributed by atoms with Gasteiger partial charge in [-0.1, -0.05) is 0 Å². The number of carbonyl (C=O) groups excluding carboxylic acids is 2. The number of amides is 2. The maximum absolute atomic E-state index is 11.3. The SMILES string of the molecule is Cc1ncc(C(=O)NCCC(N)=O)s1. The Morgan fingerprint density at radius 3 is 2.86 bits per heavy atom. The van der Waals surface area contributed by atoms with Crippen molar-refractivity contribution in [2.24, 2.45) is 5.73 Å². The van der Waals surface area contributed by atoms with Crippen molar-refractivity contribution in [1.82, 2.24) is 10.3 Å². The fourth-order valence-electron chi connectivity index (χ4n) is 0.853. The summed E-state index contributed by atoms with van der Waals surface area (Å²) in [7, 11) is 0. The van der Waals surface area contributed by atoms with Gasteiger partial charge in [0.25, 0.3) is 5.91 Å². The standard InChI is InChI=1S/C8H11N3O2S/c1-5-11-4-6(14-5)8(13)10-3-2-7(9)12/h4H,2-3H2,1H3,(H2,9,12)(H,10,13). The summed E-state index contributed by atoms with van der Waals surface area (Å²) in [4.78, 5) is 26.2. The van der Waals surface area contributed by atoms with Crippen LogP contribution in [0.3, 0.4) is 0 Å². The lowest BCUT2D eigenvalue weighted by Gasteiger charge is -1.99. The molecule has 6 heteroatoms. The molecule has 14 heavy (non-hydrogen) atoms. The Kier molecular flexibility index (Phi) is 3.58. The van der Waals surface area contributed by atoms with Gasteiger partial charge in [0.05, 0.1) is 11.2 Å². The van der Waals surface area contributed by atoms with Gasteiger partial charge in [-0.25, -0.2) is 4.98 Å². The Bertz CT molecular complexity index is 348. The number of aryl methyl sites for hydroxylation is 1. The van der Waals surface area contributed by atoms with Gasteiger partial charge in [0.2, 0.25) is 5.91 Å². The van der Waals surface area contributed by atoms with Crippen LogP contribution in [0.5, 0.6) is 0 Å². The highest BCUT2D eigenvalue weighted by Crippen LogP contribution is 2.10. The molecule has 0 aliphatic heterocycles. The van der Waals surface area contributed by atoms with Crippen LogP contribution in [0.2, 0.25) is 0 Å². The second-order valence-electron chi connectivity index (χ2n) is 2.72. The molecule has 0 aromatic carbocycles. The van der Waals surface area contributed by atoms with E-state index < -0.39 is 5.91 Å². The number of primary amides is 1. The second kappa shape index (κ2) is 4.71. The summed E-state index contributed by atoms with van der Waals surface area (Å²) in [6.45, 7) is 2.09. The molecule has 0 spiro atoms. The number of rotatable bonds is 4. The normalized spacial score (nSPS) is 9.79. The third kappa shape index (κ3) is 3.14. The second-order valence-corrected chi connectivity index (χ2v) is 3.95. The van der Waals surface area contributed by atoms with Gasteiger partial charge in [0.1, 0.15) is 4.88 Å². The summed E-state index contributed by atoms with van der Waals surface area (Å²) in [6.07, 6.45) is 1.67. The average molecular weight is 213 g/mol. The lowest BCUT2D eigenvalue weighted by molar-refractivity contribution is -0.117. The number of nitrogens with zero attached hydrogens (tertiary/aromatic N) is 1. The van der Waals surface area contributed by atoms with Gasteiger partial charge in [0, 0.05) is 13.0 Å². The summed E-state index contributed by atoms with van der Waals surface area (Å²) in [5, 5.41) is 3.41. The summed E-state index contributed by atoms with van der Waals surface area (Å²) >= 11 is 1.32. The van der Waals surface area contributed by atoms with Gasteiger partial charge in [-0.3, -0.25) is 9.59 Å². The van der Waals surface area contributed by atoms with Crippen LogP contribution >= 0.6 is 11.3 Å². The molecule has 0 aliphatic carbocycles. The number of hydrogen-bond acceptors (Lipinski definition) is 4. The molecule has 3 N–H and O–H groups in total. The fraction of sp³-hybridized carbons (Fsp3) is 0.375. The van der Waals surface area contributed by atoms with Crippen molar-refractivity contribution in [1.29, 1.82) is 0 Å². The highest BCUT2D eigenvalue weighted by atomic mass is 32.1. The highest BCUT2D eigenvalue weighted by Gasteiger charge is 2.08. The zero-order valence-electron chi connectivity index (χ0n) is 7.74. The molecule has 0 atom stereocenters. The first kappa shape index (κ1) is 10.6. The average Bonchev–Trinajstić information content (AvgIpc) is 2.51. The van der Waals surface area contributed by atoms with E-state index in [0.717, 1.165) is 5.01 Å². The van der Waals surface area contributed by atoms with Crippen LogP contribution in [0.25, 0.3) is 0 Å². The van der Waals surface area contributed by atoms with Gasteiger partial charge < -0.3 is 11.1 Å². The van der Waals surface area contributed by atoms with Crippen LogP contribution in [-0.4, -0.2) is 23.3 Å². The van der Waals surface area contributed by atoms with Crippen molar-refractivity contribution in [2.75, 3.05) is 6.54 Å². The third-order valence-electron chi connectivity index (χ3n) is 1.50. The highest BCUT2D eigenvalue weighted by molar-refractivity contribution is 7.13. The van der Waals surface area contributed by atoms with Crippen molar-refractivity contribution in [3.05, 3.63) is 16.1 Å². The van der Waals surface area contributed by atoms with Crippen LogP contribution in [0.1, 0.15) is 21.1 Å². The van der Waals surface area contributed by atoms with E-state index in [9.17, 15) is 9.59 Å². The van der Waals surface area contributed by atoms with E-state index in [2.05, 4.69) is 10.3 Å². The fourth-order valence-corrected chi connectivity index (χ4v) is 1.55. The van der Waals surface area contributed by atoms with Crippen molar-refractivity contribution < 1.29 is 9.59 Å². The predicted molar refractivity (Wildman–Crippen MR) is 53.0 cm³/mol. The molecule has 0 fully saturated rings. The van der Waals surface area contributed by atoms with Crippen LogP contribution in [0.4, 0.5) is 0 Å². The lowest BCUT2D eigenvalue weighted by Crippen LogP contribution is -2.27. The van der Waals surface area contributed by atoms with Crippen molar-refractivity contribution in [2.45, 2.75) is 13.3 Å². The summed E-state index contributed by atoms with van der Waals surface area (Å²) in [5.74, 6) is -0.636. The molecule has 0 aliphatic rings. The van der Waals surface area contributed by atoms with Crippen LogP contribution < -0.4 is 11.1 Å². The molecule has 5 nitrogen and oxygen atoms in total. The monoisotopic (exact) mass is 213 g/mol. The van der Waals surface area contributed by atoms with E-state index in [1.165, 1.54) is 17.5 Å². The largest absolute Gasteiger partial charge is 0.370 e. The van der Waals surface area contributed by atoms with Crippen LogP contribution in [0.15, 0.2) is 6.20 Å². The smallest absolute Gasteiger partial charge is 0.263 e. The zero-order chi connectivity index (χ0) is 10.6. The third-order valence-corrected chi connectivity index (χ3v) is 2.41. The minimum Gasteiger partial charge on any atom is -0.370 e. The van der Waals surface area contributed by atoms with E-state index in [1.807, 2.05) is 6.92 Å². The molecule has 1 heterocycles. The molecule has 1 aromatic rings. The maximum atomic E-state index is 11.3. The summed E-state index contributed by atoms with van der Waals surface area (Å²) in [5.41, 5.74) is 4.92. The molecule has 76 valence electrons. The first-order valence-electron chi connectivity index (χ1n) is 4.08. The van der Waals surface area contributed by atoms with E-state index >= 15 is 0 Å². The Labute approximate surface area is 85.3 Å². The number of thiazole rings is 1. The first-order valence-corrected chi connectivity index (χ1v) is 4.90. The quantitative estimate of drug-likeness (QED) is 0.741. The minimum absolute atomic E-state index is 0.156. The van der Waals surface area contributed by atoms with Gasteiger partial charge >= 0.3 is 0 Å². The Morgan fingerprint density at radius 2 is 2.36 bits per heavy atom. The van der Waals surface area contributed by atoms with Gasteiger partial charge in [-0.15, -0.1) is 11.3 Å². The van der Waals surface area contributed by atoms with E-state index in [1.54, 1.807) is 0 Å². The van der Waals surface area contributed by atoms with Gasteiger partial charge in [0.15, 0.2) is 0 Å². The zero-order valence-corrected chi connectivity index (χ0v) is 8.56. The molecular formula is C8H11N3O2S. The molecule has 0 bridgehead atoms. The number of carbonyl (C=O) groups is 2. The van der Waals surface area contributed by atoms with Crippen molar-refractivity contribution >= 4 is 23.2 Å². The number of nitrogens with two attached hydrogens (primary N) is 1. The van der Waals surface area contributed by atoms with E-state index in [0.29, 0.717) is 4.88 Å². The Morgan fingerprint density at radius 1 is 1.64 bits per heavy atom. The topological polar surface area (TPSA) is 85.1 Å².